The Hall–Kier alpha value is -2.01. The standard InChI is InChI=1S/C13H13ClN2O3/c1-3-18-11-5-4-9(7-10(11)14)13(17)15-12-6-8(2)19-16-12/h4-7H,3H2,1-2H3,(H,15,16,17). The van der Waals surface area contributed by atoms with Gasteiger partial charge in [-0.15, -0.1) is 0 Å². The van der Waals surface area contributed by atoms with Crippen molar-refractivity contribution in [3.63, 3.8) is 0 Å². The maximum absolute atomic E-state index is 12.0. The van der Waals surface area contributed by atoms with Crippen molar-refractivity contribution in [2.45, 2.75) is 13.8 Å². The fraction of sp³-hybridized carbons (Fsp3) is 0.231. The lowest BCUT2D eigenvalue weighted by atomic mass is 10.2. The van der Waals surface area contributed by atoms with Gasteiger partial charge < -0.3 is 14.6 Å². The number of aryl methyl sites for hydroxylation is 1. The Labute approximate surface area is 115 Å². The van der Waals surface area contributed by atoms with Crippen molar-refractivity contribution in [3.8, 4) is 5.75 Å². The molecule has 1 amide bonds. The number of halogens is 1. The fourth-order valence-electron chi connectivity index (χ4n) is 1.53. The molecule has 1 aromatic carbocycles. The number of aromatic nitrogens is 1. The van der Waals surface area contributed by atoms with Crippen LogP contribution in [0.4, 0.5) is 5.82 Å². The van der Waals surface area contributed by atoms with Gasteiger partial charge in [0.05, 0.1) is 11.6 Å². The van der Waals surface area contributed by atoms with E-state index in [-0.39, 0.29) is 5.91 Å². The minimum atomic E-state index is -0.307. The molecule has 2 aromatic rings. The largest absolute Gasteiger partial charge is 0.492 e. The molecule has 0 atom stereocenters. The first-order valence-corrected chi connectivity index (χ1v) is 6.15. The lowest BCUT2D eigenvalue weighted by molar-refractivity contribution is 0.102. The molecule has 0 fully saturated rings. The number of amides is 1. The lowest BCUT2D eigenvalue weighted by Crippen LogP contribution is -2.12. The first-order valence-electron chi connectivity index (χ1n) is 5.77. The van der Waals surface area contributed by atoms with Crippen LogP contribution in [-0.2, 0) is 0 Å². The van der Waals surface area contributed by atoms with Gasteiger partial charge >= 0.3 is 0 Å². The second kappa shape index (κ2) is 5.75. The van der Waals surface area contributed by atoms with E-state index >= 15 is 0 Å². The quantitative estimate of drug-likeness (QED) is 0.933. The molecule has 1 N–H and O–H groups in total. The Morgan fingerprint density at radius 1 is 1.47 bits per heavy atom. The first-order chi connectivity index (χ1) is 9.10. The Balaban J connectivity index is 2.13. The van der Waals surface area contributed by atoms with Crippen LogP contribution in [0, 0.1) is 6.92 Å². The summed E-state index contributed by atoms with van der Waals surface area (Å²) < 4.78 is 10.2. The van der Waals surface area contributed by atoms with E-state index in [0.29, 0.717) is 34.5 Å². The SMILES string of the molecule is CCOc1ccc(C(=O)Nc2cc(C)on2)cc1Cl. The highest BCUT2D eigenvalue weighted by atomic mass is 35.5. The van der Waals surface area contributed by atoms with Crippen LogP contribution in [0.1, 0.15) is 23.0 Å². The third-order valence-electron chi connectivity index (χ3n) is 2.36. The van der Waals surface area contributed by atoms with Gasteiger partial charge in [0, 0.05) is 11.6 Å². The molecule has 19 heavy (non-hydrogen) atoms. The molecule has 0 radical (unpaired) electrons. The summed E-state index contributed by atoms with van der Waals surface area (Å²) in [5, 5.41) is 6.69. The van der Waals surface area contributed by atoms with Crippen LogP contribution in [0.5, 0.6) is 5.75 Å². The highest BCUT2D eigenvalue weighted by Gasteiger charge is 2.11. The number of rotatable bonds is 4. The zero-order valence-corrected chi connectivity index (χ0v) is 11.3. The smallest absolute Gasteiger partial charge is 0.256 e. The number of nitrogens with one attached hydrogen (secondary N) is 1. The van der Waals surface area contributed by atoms with Crippen molar-refractivity contribution in [1.29, 1.82) is 0 Å². The molecule has 0 spiro atoms. The molecule has 0 unspecified atom stereocenters. The van der Waals surface area contributed by atoms with Crippen LogP contribution >= 0.6 is 11.6 Å². The topological polar surface area (TPSA) is 64.4 Å². The van der Waals surface area contributed by atoms with Gasteiger partial charge in [0.1, 0.15) is 11.5 Å². The highest BCUT2D eigenvalue weighted by Crippen LogP contribution is 2.25. The highest BCUT2D eigenvalue weighted by molar-refractivity contribution is 6.32. The third kappa shape index (κ3) is 3.26. The van der Waals surface area contributed by atoms with E-state index in [2.05, 4.69) is 10.5 Å². The van der Waals surface area contributed by atoms with E-state index in [4.69, 9.17) is 20.9 Å². The minimum Gasteiger partial charge on any atom is -0.492 e. The number of carbonyl (C=O) groups is 1. The predicted octanol–water partition coefficient (Wildman–Crippen LogP) is 3.29. The van der Waals surface area contributed by atoms with Gasteiger partial charge in [0.2, 0.25) is 0 Å². The van der Waals surface area contributed by atoms with Crippen molar-refractivity contribution in [2.24, 2.45) is 0 Å². The van der Waals surface area contributed by atoms with E-state index in [1.807, 2.05) is 6.92 Å². The van der Waals surface area contributed by atoms with Crippen molar-refractivity contribution in [3.05, 3.63) is 40.6 Å². The second-order valence-electron chi connectivity index (χ2n) is 3.86. The number of hydrogen-bond acceptors (Lipinski definition) is 4. The van der Waals surface area contributed by atoms with Crippen molar-refractivity contribution >= 4 is 23.3 Å². The lowest BCUT2D eigenvalue weighted by Gasteiger charge is -2.07. The molecule has 0 aliphatic rings. The monoisotopic (exact) mass is 280 g/mol. The maximum Gasteiger partial charge on any atom is 0.256 e. The van der Waals surface area contributed by atoms with Crippen LogP contribution in [0.3, 0.4) is 0 Å². The van der Waals surface area contributed by atoms with Gasteiger partial charge in [-0.1, -0.05) is 16.8 Å². The molecular formula is C13H13ClN2O3. The summed E-state index contributed by atoms with van der Waals surface area (Å²) >= 11 is 6.02. The average molecular weight is 281 g/mol. The molecule has 0 bridgehead atoms. The summed E-state index contributed by atoms with van der Waals surface area (Å²) in [6.45, 7) is 4.13. The molecule has 6 heteroatoms. The molecule has 0 aliphatic carbocycles. The minimum absolute atomic E-state index is 0.307. The summed E-state index contributed by atoms with van der Waals surface area (Å²) in [6.07, 6.45) is 0. The van der Waals surface area contributed by atoms with E-state index in [0.717, 1.165) is 0 Å². The van der Waals surface area contributed by atoms with Crippen LogP contribution in [0.2, 0.25) is 5.02 Å². The number of nitrogens with zero attached hydrogens (tertiary/aromatic N) is 1. The summed E-state index contributed by atoms with van der Waals surface area (Å²) in [5.74, 6) is 1.24. The summed E-state index contributed by atoms with van der Waals surface area (Å²) in [4.78, 5) is 12.0. The van der Waals surface area contributed by atoms with Gasteiger partial charge in [-0.05, 0) is 32.0 Å². The molecule has 1 aromatic heterocycles. The normalized spacial score (nSPS) is 10.3. The summed E-state index contributed by atoms with van der Waals surface area (Å²) in [6, 6.07) is 6.48. The fourth-order valence-corrected chi connectivity index (χ4v) is 1.76. The molecule has 5 nitrogen and oxygen atoms in total. The molecule has 2 rings (SSSR count). The molecule has 1 heterocycles. The maximum atomic E-state index is 12.0. The van der Waals surface area contributed by atoms with Gasteiger partial charge in [-0.2, -0.15) is 0 Å². The predicted molar refractivity (Wildman–Crippen MR) is 71.8 cm³/mol. The van der Waals surface area contributed by atoms with Gasteiger partial charge in [-0.25, -0.2) is 0 Å². The second-order valence-corrected chi connectivity index (χ2v) is 4.26. The molecule has 100 valence electrons. The number of anilines is 1. The van der Waals surface area contributed by atoms with Gasteiger partial charge in [0.25, 0.3) is 5.91 Å². The Kier molecular flexibility index (Phi) is 4.06. The molecule has 0 saturated carbocycles. The summed E-state index contributed by atoms with van der Waals surface area (Å²) in [5.41, 5.74) is 0.425. The van der Waals surface area contributed by atoms with Crippen molar-refractivity contribution in [2.75, 3.05) is 11.9 Å². The van der Waals surface area contributed by atoms with E-state index in [1.54, 1.807) is 31.2 Å². The van der Waals surface area contributed by atoms with Gasteiger partial charge in [0.15, 0.2) is 5.82 Å². The van der Waals surface area contributed by atoms with Crippen molar-refractivity contribution < 1.29 is 14.1 Å². The number of ether oxygens (including phenoxy) is 1. The zero-order valence-electron chi connectivity index (χ0n) is 10.6. The number of benzene rings is 1. The Morgan fingerprint density at radius 3 is 2.84 bits per heavy atom. The Morgan fingerprint density at radius 2 is 2.26 bits per heavy atom. The third-order valence-corrected chi connectivity index (χ3v) is 2.66. The Bertz CT molecular complexity index is 595. The molecular weight excluding hydrogens is 268 g/mol. The van der Waals surface area contributed by atoms with Crippen LogP contribution < -0.4 is 10.1 Å². The molecule has 0 aliphatic heterocycles. The number of carbonyl (C=O) groups excluding carboxylic acids is 1. The van der Waals surface area contributed by atoms with E-state index in [1.165, 1.54) is 0 Å². The van der Waals surface area contributed by atoms with E-state index < -0.39 is 0 Å². The van der Waals surface area contributed by atoms with Gasteiger partial charge in [-0.3, -0.25) is 4.79 Å². The zero-order chi connectivity index (χ0) is 13.8. The van der Waals surface area contributed by atoms with Crippen LogP contribution in [0.15, 0.2) is 28.8 Å². The number of hydrogen-bond donors (Lipinski definition) is 1. The molecule has 0 saturated heterocycles. The first kappa shape index (κ1) is 13.4. The van der Waals surface area contributed by atoms with E-state index in [9.17, 15) is 4.79 Å². The van der Waals surface area contributed by atoms with Crippen LogP contribution in [-0.4, -0.2) is 17.7 Å². The summed E-state index contributed by atoms with van der Waals surface area (Å²) in [7, 11) is 0. The van der Waals surface area contributed by atoms with Crippen molar-refractivity contribution in [1.82, 2.24) is 5.16 Å². The average Bonchev–Trinajstić information content (AvgIpc) is 2.77. The van der Waals surface area contributed by atoms with Crippen LogP contribution in [0.25, 0.3) is 0 Å².